The van der Waals surface area contributed by atoms with Crippen molar-refractivity contribution in [1.29, 1.82) is 0 Å². The highest BCUT2D eigenvalue weighted by Crippen LogP contribution is 2.33. The Kier molecular flexibility index (Phi) is 2.88. The highest BCUT2D eigenvalue weighted by molar-refractivity contribution is 9.10. The first-order chi connectivity index (χ1) is 6.66. The van der Waals surface area contributed by atoms with Gasteiger partial charge in [-0.1, -0.05) is 15.9 Å². The van der Waals surface area contributed by atoms with Crippen LogP contribution in [0.1, 0.15) is 18.4 Å². The van der Waals surface area contributed by atoms with Crippen molar-refractivity contribution >= 4 is 15.9 Å². The van der Waals surface area contributed by atoms with E-state index in [1.807, 2.05) is 0 Å². The van der Waals surface area contributed by atoms with Crippen LogP contribution in [0.4, 0.5) is 4.39 Å². The molecule has 3 heteroatoms. The summed E-state index contributed by atoms with van der Waals surface area (Å²) in [5.41, 5.74) is 6.96. The van der Waals surface area contributed by atoms with Gasteiger partial charge in [0, 0.05) is 10.5 Å². The van der Waals surface area contributed by atoms with Gasteiger partial charge in [0.25, 0.3) is 0 Å². The molecule has 0 heterocycles. The Labute approximate surface area is 91.6 Å². The first-order valence-electron chi connectivity index (χ1n) is 4.86. The molecule has 2 rings (SSSR count). The number of halogens is 2. The standard InChI is InChI=1S/C11H13BrFN/c12-10-4-3-9(13)5-8(10)6-11(14)7-1-2-7/h3-5,7,11H,1-2,6,14H2. The summed E-state index contributed by atoms with van der Waals surface area (Å²) < 4.78 is 13.9. The predicted molar refractivity (Wildman–Crippen MR) is 58.5 cm³/mol. The van der Waals surface area contributed by atoms with Gasteiger partial charge in [-0.3, -0.25) is 0 Å². The van der Waals surface area contributed by atoms with E-state index in [-0.39, 0.29) is 11.9 Å². The van der Waals surface area contributed by atoms with Crippen molar-refractivity contribution in [1.82, 2.24) is 0 Å². The summed E-state index contributed by atoms with van der Waals surface area (Å²) >= 11 is 3.41. The molecule has 76 valence electrons. The van der Waals surface area contributed by atoms with Crippen molar-refractivity contribution in [2.45, 2.75) is 25.3 Å². The molecule has 0 aromatic heterocycles. The minimum Gasteiger partial charge on any atom is -0.327 e. The van der Waals surface area contributed by atoms with Gasteiger partial charge in [0.05, 0.1) is 0 Å². The zero-order valence-electron chi connectivity index (χ0n) is 7.84. The van der Waals surface area contributed by atoms with E-state index in [0.29, 0.717) is 5.92 Å². The molecule has 1 aromatic carbocycles. The third kappa shape index (κ3) is 2.34. The second kappa shape index (κ2) is 3.99. The van der Waals surface area contributed by atoms with Gasteiger partial charge in [-0.25, -0.2) is 4.39 Å². The highest BCUT2D eigenvalue weighted by Gasteiger charge is 2.28. The molecular formula is C11H13BrFN. The van der Waals surface area contributed by atoms with Crippen molar-refractivity contribution in [3.8, 4) is 0 Å². The van der Waals surface area contributed by atoms with E-state index < -0.39 is 0 Å². The average molecular weight is 258 g/mol. The monoisotopic (exact) mass is 257 g/mol. The van der Waals surface area contributed by atoms with Crippen LogP contribution in [0.5, 0.6) is 0 Å². The molecule has 1 unspecified atom stereocenters. The summed E-state index contributed by atoms with van der Waals surface area (Å²) in [7, 11) is 0. The van der Waals surface area contributed by atoms with Gasteiger partial charge in [0.1, 0.15) is 5.82 Å². The van der Waals surface area contributed by atoms with Crippen LogP contribution >= 0.6 is 15.9 Å². The van der Waals surface area contributed by atoms with Crippen molar-refractivity contribution in [2.75, 3.05) is 0 Å². The van der Waals surface area contributed by atoms with Gasteiger partial charge in [0.15, 0.2) is 0 Å². The quantitative estimate of drug-likeness (QED) is 0.886. The molecule has 0 spiro atoms. The zero-order valence-corrected chi connectivity index (χ0v) is 9.43. The predicted octanol–water partition coefficient (Wildman–Crippen LogP) is 2.87. The fraction of sp³-hybridized carbons (Fsp3) is 0.455. The maximum absolute atomic E-state index is 13.0. The van der Waals surface area contributed by atoms with E-state index in [2.05, 4.69) is 15.9 Å². The third-order valence-electron chi connectivity index (χ3n) is 2.69. The second-order valence-electron chi connectivity index (χ2n) is 3.94. The lowest BCUT2D eigenvalue weighted by molar-refractivity contribution is 0.583. The van der Waals surface area contributed by atoms with Crippen molar-refractivity contribution in [3.63, 3.8) is 0 Å². The Morgan fingerprint density at radius 1 is 1.50 bits per heavy atom. The molecule has 0 radical (unpaired) electrons. The molecule has 0 bridgehead atoms. The van der Waals surface area contributed by atoms with Crippen LogP contribution in [0.25, 0.3) is 0 Å². The van der Waals surface area contributed by atoms with Crippen LogP contribution in [0.2, 0.25) is 0 Å². The SMILES string of the molecule is NC(Cc1cc(F)ccc1Br)C1CC1. The minimum atomic E-state index is -0.189. The van der Waals surface area contributed by atoms with Gasteiger partial charge in [0.2, 0.25) is 0 Å². The zero-order chi connectivity index (χ0) is 10.1. The summed E-state index contributed by atoms with van der Waals surface area (Å²) in [6, 6.07) is 4.94. The largest absolute Gasteiger partial charge is 0.327 e. The van der Waals surface area contributed by atoms with Crippen LogP contribution in [-0.2, 0) is 6.42 Å². The molecule has 0 saturated heterocycles. The van der Waals surface area contributed by atoms with E-state index in [4.69, 9.17) is 5.73 Å². The Hall–Kier alpha value is -0.410. The molecule has 14 heavy (non-hydrogen) atoms. The van der Waals surface area contributed by atoms with Gasteiger partial charge in [-0.05, 0) is 48.9 Å². The maximum atomic E-state index is 13.0. The molecule has 1 fully saturated rings. The van der Waals surface area contributed by atoms with Crippen LogP contribution in [-0.4, -0.2) is 6.04 Å². The molecule has 0 amide bonds. The Bertz CT molecular complexity index is 336. The third-order valence-corrected chi connectivity index (χ3v) is 3.46. The summed E-state index contributed by atoms with van der Waals surface area (Å²) in [6.07, 6.45) is 3.23. The molecule has 1 nitrogen and oxygen atoms in total. The molecule has 0 aliphatic heterocycles. The molecule has 2 N–H and O–H groups in total. The summed E-state index contributed by atoms with van der Waals surface area (Å²) in [5.74, 6) is 0.469. The number of hydrogen-bond donors (Lipinski definition) is 1. The van der Waals surface area contributed by atoms with Crippen molar-refractivity contribution in [2.24, 2.45) is 11.7 Å². The molecule has 1 aromatic rings. The summed E-state index contributed by atoms with van der Waals surface area (Å²) in [5, 5.41) is 0. The van der Waals surface area contributed by atoms with Crippen LogP contribution in [0, 0.1) is 11.7 Å². The van der Waals surface area contributed by atoms with E-state index >= 15 is 0 Å². The number of benzene rings is 1. The molecule has 1 aliphatic carbocycles. The van der Waals surface area contributed by atoms with Crippen LogP contribution < -0.4 is 5.73 Å². The van der Waals surface area contributed by atoms with E-state index in [9.17, 15) is 4.39 Å². The van der Waals surface area contributed by atoms with Crippen molar-refractivity contribution in [3.05, 3.63) is 34.1 Å². The molecular weight excluding hydrogens is 245 g/mol. The Morgan fingerprint density at radius 2 is 2.21 bits per heavy atom. The smallest absolute Gasteiger partial charge is 0.123 e. The molecule has 1 atom stereocenters. The van der Waals surface area contributed by atoms with E-state index in [0.717, 1.165) is 16.5 Å². The van der Waals surface area contributed by atoms with Gasteiger partial charge < -0.3 is 5.73 Å². The van der Waals surface area contributed by atoms with E-state index in [1.165, 1.54) is 18.9 Å². The summed E-state index contributed by atoms with van der Waals surface area (Å²) in [4.78, 5) is 0. The maximum Gasteiger partial charge on any atom is 0.123 e. The van der Waals surface area contributed by atoms with Crippen LogP contribution in [0.3, 0.4) is 0 Å². The van der Waals surface area contributed by atoms with Gasteiger partial charge in [-0.15, -0.1) is 0 Å². The normalized spacial score (nSPS) is 18.2. The molecule has 1 aliphatic rings. The summed E-state index contributed by atoms with van der Waals surface area (Å²) in [6.45, 7) is 0. The molecule has 1 saturated carbocycles. The first-order valence-corrected chi connectivity index (χ1v) is 5.65. The number of hydrogen-bond acceptors (Lipinski definition) is 1. The second-order valence-corrected chi connectivity index (χ2v) is 4.80. The Balaban J connectivity index is 2.10. The average Bonchev–Trinajstić information content (AvgIpc) is 2.94. The van der Waals surface area contributed by atoms with Crippen molar-refractivity contribution < 1.29 is 4.39 Å². The fourth-order valence-electron chi connectivity index (χ4n) is 1.64. The number of rotatable bonds is 3. The van der Waals surface area contributed by atoms with Crippen LogP contribution in [0.15, 0.2) is 22.7 Å². The van der Waals surface area contributed by atoms with Gasteiger partial charge >= 0.3 is 0 Å². The first kappa shape index (κ1) is 10.1. The topological polar surface area (TPSA) is 26.0 Å². The van der Waals surface area contributed by atoms with Gasteiger partial charge in [-0.2, -0.15) is 0 Å². The Morgan fingerprint density at radius 3 is 2.86 bits per heavy atom. The lowest BCUT2D eigenvalue weighted by Crippen LogP contribution is -2.25. The lowest BCUT2D eigenvalue weighted by atomic mass is 10.0. The minimum absolute atomic E-state index is 0.188. The number of nitrogens with two attached hydrogens (primary N) is 1. The fourth-order valence-corrected chi connectivity index (χ4v) is 2.05. The highest BCUT2D eigenvalue weighted by atomic mass is 79.9. The van der Waals surface area contributed by atoms with E-state index in [1.54, 1.807) is 12.1 Å². The lowest BCUT2D eigenvalue weighted by Gasteiger charge is -2.11.